The van der Waals surface area contributed by atoms with Gasteiger partial charge in [-0.1, -0.05) is 0 Å². The average molecular weight is 355 g/mol. The standard InChI is InChI=1S/C19H21N3O4/c1-11(2)22-18-14(10-20-22)13(19(23)26-5)9-15(21-18)12-6-7-16(24-3)17(8-12)25-4/h6-11H,1-5H3. The first-order chi connectivity index (χ1) is 12.5. The molecule has 0 unspecified atom stereocenters. The van der Waals surface area contributed by atoms with E-state index in [0.717, 1.165) is 5.56 Å². The molecule has 0 saturated carbocycles. The van der Waals surface area contributed by atoms with E-state index in [4.69, 9.17) is 19.2 Å². The molecule has 0 fully saturated rings. The van der Waals surface area contributed by atoms with Crippen molar-refractivity contribution in [1.82, 2.24) is 14.8 Å². The van der Waals surface area contributed by atoms with Crippen molar-refractivity contribution in [3.8, 4) is 22.8 Å². The lowest BCUT2D eigenvalue weighted by atomic mass is 10.1. The average Bonchev–Trinajstić information content (AvgIpc) is 3.10. The highest BCUT2D eigenvalue weighted by molar-refractivity contribution is 6.03. The highest BCUT2D eigenvalue weighted by atomic mass is 16.5. The first kappa shape index (κ1) is 17.7. The summed E-state index contributed by atoms with van der Waals surface area (Å²) in [5.41, 5.74) is 2.48. The van der Waals surface area contributed by atoms with Gasteiger partial charge in [-0.25, -0.2) is 14.5 Å². The van der Waals surface area contributed by atoms with Gasteiger partial charge in [0.05, 0.1) is 44.2 Å². The maximum atomic E-state index is 12.3. The lowest BCUT2D eigenvalue weighted by Gasteiger charge is -2.12. The molecular formula is C19H21N3O4. The van der Waals surface area contributed by atoms with Crippen LogP contribution >= 0.6 is 0 Å². The van der Waals surface area contributed by atoms with Crippen LogP contribution in [0.1, 0.15) is 30.2 Å². The van der Waals surface area contributed by atoms with Gasteiger partial charge in [-0.3, -0.25) is 0 Å². The normalized spacial score (nSPS) is 11.0. The predicted molar refractivity (Wildman–Crippen MR) is 97.8 cm³/mol. The zero-order chi connectivity index (χ0) is 18.8. The largest absolute Gasteiger partial charge is 0.493 e. The van der Waals surface area contributed by atoms with Crippen molar-refractivity contribution in [1.29, 1.82) is 0 Å². The number of benzene rings is 1. The van der Waals surface area contributed by atoms with Crippen molar-refractivity contribution in [3.05, 3.63) is 36.0 Å². The highest BCUT2D eigenvalue weighted by Crippen LogP contribution is 2.33. The van der Waals surface area contributed by atoms with Crippen LogP contribution in [0.5, 0.6) is 11.5 Å². The number of rotatable bonds is 5. The lowest BCUT2D eigenvalue weighted by Crippen LogP contribution is -2.07. The van der Waals surface area contributed by atoms with Crippen molar-refractivity contribution >= 4 is 17.0 Å². The quantitative estimate of drug-likeness (QED) is 0.652. The summed E-state index contributed by atoms with van der Waals surface area (Å²) in [5, 5.41) is 5.03. The lowest BCUT2D eigenvalue weighted by molar-refractivity contribution is 0.0603. The Morgan fingerprint density at radius 3 is 2.42 bits per heavy atom. The minimum atomic E-state index is -0.428. The molecule has 0 aliphatic carbocycles. The fraction of sp³-hybridized carbons (Fsp3) is 0.316. The van der Waals surface area contributed by atoms with Gasteiger partial charge in [0, 0.05) is 11.6 Å². The van der Waals surface area contributed by atoms with E-state index < -0.39 is 5.97 Å². The van der Waals surface area contributed by atoms with Gasteiger partial charge in [-0.2, -0.15) is 5.10 Å². The molecule has 7 nitrogen and oxygen atoms in total. The Morgan fingerprint density at radius 1 is 1.08 bits per heavy atom. The van der Waals surface area contributed by atoms with Gasteiger partial charge in [0.15, 0.2) is 17.1 Å². The molecule has 0 atom stereocenters. The molecule has 1 aromatic carbocycles. The second-order valence-electron chi connectivity index (χ2n) is 6.04. The van der Waals surface area contributed by atoms with Gasteiger partial charge in [0.1, 0.15) is 0 Å². The molecule has 0 amide bonds. The van der Waals surface area contributed by atoms with E-state index in [1.54, 1.807) is 37.2 Å². The maximum absolute atomic E-state index is 12.3. The minimum Gasteiger partial charge on any atom is -0.493 e. The molecule has 0 aliphatic rings. The van der Waals surface area contributed by atoms with Crippen molar-refractivity contribution in [2.75, 3.05) is 21.3 Å². The number of nitrogens with zero attached hydrogens (tertiary/aromatic N) is 3. The summed E-state index contributed by atoms with van der Waals surface area (Å²) >= 11 is 0. The van der Waals surface area contributed by atoms with Crippen molar-refractivity contribution in [3.63, 3.8) is 0 Å². The maximum Gasteiger partial charge on any atom is 0.338 e. The van der Waals surface area contributed by atoms with Gasteiger partial charge in [0.25, 0.3) is 0 Å². The molecule has 0 aliphatic heterocycles. The molecule has 3 aromatic rings. The highest BCUT2D eigenvalue weighted by Gasteiger charge is 2.19. The SMILES string of the molecule is COC(=O)c1cc(-c2ccc(OC)c(OC)c2)nc2c1cnn2C(C)C. The molecule has 0 saturated heterocycles. The van der Waals surface area contributed by atoms with E-state index in [-0.39, 0.29) is 6.04 Å². The Hall–Kier alpha value is -3.09. The van der Waals surface area contributed by atoms with Crippen LogP contribution in [0.15, 0.2) is 30.5 Å². The number of hydrogen-bond acceptors (Lipinski definition) is 6. The van der Waals surface area contributed by atoms with Gasteiger partial charge in [-0.15, -0.1) is 0 Å². The number of carbonyl (C=O) groups excluding carboxylic acids is 1. The second-order valence-corrected chi connectivity index (χ2v) is 6.04. The molecular weight excluding hydrogens is 334 g/mol. The number of hydrogen-bond donors (Lipinski definition) is 0. The molecule has 136 valence electrons. The van der Waals surface area contributed by atoms with Gasteiger partial charge < -0.3 is 14.2 Å². The third kappa shape index (κ3) is 2.96. The topological polar surface area (TPSA) is 75.5 Å². The smallest absolute Gasteiger partial charge is 0.338 e. The fourth-order valence-corrected chi connectivity index (χ4v) is 2.82. The number of methoxy groups -OCH3 is 3. The van der Waals surface area contributed by atoms with E-state index in [2.05, 4.69) is 5.10 Å². The predicted octanol–water partition coefficient (Wildman–Crippen LogP) is 3.48. The summed E-state index contributed by atoms with van der Waals surface area (Å²) in [5.74, 6) is 0.782. The number of aromatic nitrogens is 3. The number of carbonyl (C=O) groups is 1. The van der Waals surface area contributed by atoms with Crippen LogP contribution in [0, 0.1) is 0 Å². The number of ether oxygens (including phenoxy) is 3. The number of pyridine rings is 1. The molecule has 3 rings (SSSR count). The molecule has 2 heterocycles. The van der Waals surface area contributed by atoms with Crippen LogP contribution in [0.2, 0.25) is 0 Å². The summed E-state index contributed by atoms with van der Waals surface area (Å²) < 4.78 is 17.4. The van der Waals surface area contributed by atoms with Crippen LogP contribution in [-0.2, 0) is 4.74 Å². The zero-order valence-electron chi connectivity index (χ0n) is 15.4. The van der Waals surface area contributed by atoms with Crippen LogP contribution in [0.3, 0.4) is 0 Å². The van der Waals surface area contributed by atoms with Gasteiger partial charge in [-0.05, 0) is 38.1 Å². The molecule has 2 aromatic heterocycles. The summed E-state index contributed by atoms with van der Waals surface area (Å²) in [6.45, 7) is 4.02. The summed E-state index contributed by atoms with van der Waals surface area (Å²) in [7, 11) is 4.52. The first-order valence-corrected chi connectivity index (χ1v) is 8.19. The van der Waals surface area contributed by atoms with Crippen molar-refractivity contribution in [2.45, 2.75) is 19.9 Å². The third-order valence-corrected chi connectivity index (χ3v) is 4.14. The third-order valence-electron chi connectivity index (χ3n) is 4.14. The van der Waals surface area contributed by atoms with E-state index in [1.165, 1.54) is 7.11 Å². The Kier molecular flexibility index (Phi) is 4.79. The van der Waals surface area contributed by atoms with E-state index in [0.29, 0.717) is 33.8 Å². The molecule has 26 heavy (non-hydrogen) atoms. The van der Waals surface area contributed by atoms with Crippen LogP contribution in [-0.4, -0.2) is 42.1 Å². The van der Waals surface area contributed by atoms with Gasteiger partial charge >= 0.3 is 5.97 Å². The van der Waals surface area contributed by atoms with Crippen LogP contribution in [0.25, 0.3) is 22.3 Å². The summed E-state index contributed by atoms with van der Waals surface area (Å²) in [6, 6.07) is 7.31. The Bertz CT molecular complexity index is 963. The Morgan fingerprint density at radius 2 is 1.81 bits per heavy atom. The first-order valence-electron chi connectivity index (χ1n) is 8.19. The summed E-state index contributed by atoms with van der Waals surface area (Å²) in [4.78, 5) is 17.0. The van der Waals surface area contributed by atoms with Crippen LogP contribution in [0.4, 0.5) is 0 Å². The molecule has 0 bridgehead atoms. The molecule has 0 radical (unpaired) electrons. The Balaban J connectivity index is 2.26. The zero-order valence-corrected chi connectivity index (χ0v) is 15.4. The van der Waals surface area contributed by atoms with E-state index >= 15 is 0 Å². The number of fused-ring (bicyclic) bond motifs is 1. The monoisotopic (exact) mass is 355 g/mol. The summed E-state index contributed by atoms with van der Waals surface area (Å²) in [6.07, 6.45) is 1.65. The van der Waals surface area contributed by atoms with E-state index in [1.807, 2.05) is 26.0 Å². The van der Waals surface area contributed by atoms with Crippen molar-refractivity contribution in [2.24, 2.45) is 0 Å². The molecule has 7 heteroatoms. The van der Waals surface area contributed by atoms with Gasteiger partial charge in [0.2, 0.25) is 0 Å². The molecule has 0 spiro atoms. The second kappa shape index (κ2) is 7.03. The van der Waals surface area contributed by atoms with Crippen molar-refractivity contribution < 1.29 is 19.0 Å². The van der Waals surface area contributed by atoms with E-state index in [9.17, 15) is 4.79 Å². The van der Waals surface area contributed by atoms with Crippen LogP contribution < -0.4 is 9.47 Å². The number of esters is 1. The molecule has 0 N–H and O–H groups in total. The minimum absolute atomic E-state index is 0.103. The fourth-order valence-electron chi connectivity index (χ4n) is 2.82. The Labute approximate surface area is 151 Å².